The van der Waals surface area contributed by atoms with Crippen molar-refractivity contribution < 1.29 is 4.39 Å². The second kappa shape index (κ2) is 11.2. The summed E-state index contributed by atoms with van der Waals surface area (Å²) in [6.07, 6.45) is 7.42. The molecular formula is C19H28FIN6. The van der Waals surface area contributed by atoms with Crippen molar-refractivity contribution in [1.82, 2.24) is 25.4 Å². The number of nitrogens with one attached hydrogen (secondary N) is 2. The van der Waals surface area contributed by atoms with Gasteiger partial charge in [0, 0.05) is 31.1 Å². The van der Waals surface area contributed by atoms with Crippen molar-refractivity contribution in [2.45, 2.75) is 58.2 Å². The van der Waals surface area contributed by atoms with Gasteiger partial charge in [-0.25, -0.2) is 9.38 Å². The maximum atomic E-state index is 13.8. The molecule has 3 rings (SSSR count). The number of rotatable bonds is 7. The molecule has 1 aliphatic rings. The van der Waals surface area contributed by atoms with Crippen LogP contribution in [0, 0.1) is 5.82 Å². The number of nitrogens with zero attached hydrogens (tertiary/aromatic N) is 4. The molecule has 0 atom stereocenters. The van der Waals surface area contributed by atoms with Crippen molar-refractivity contribution >= 4 is 29.9 Å². The Bertz CT molecular complexity index is 726. The number of halogens is 2. The molecule has 148 valence electrons. The first-order valence-corrected chi connectivity index (χ1v) is 9.41. The van der Waals surface area contributed by atoms with Crippen molar-refractivity contribution in [3.8, 4) is 0 Å². The molecule has 1 aliphatic carbocycles. The molecular weight excluding hydrogens is 458 g/mol. The summed E-state index contributed by atoms with van der Waals surface area (Å²) in [6, 6.07) is 7.23. The smallest absolute Gasteiger partial charge is 0.191 e. The normalized spacial score (nSPS) is 14.8. The Balaban J connectivity index is 0.00000261. The summed E-state index contributed by atoms with van der Waals surface area (Å²) < 4.78 is 15.9. The van der Waals surface area contributed by atoms with Crippen LogP contribution in [0.4, 0.5) is 4.39 Å². The third-order valence-electron chi connectivity index (χ3n) is 4.72. The summed E-state index contributed by atoms with van der Waals surface area (Å²) in [6.45, 7) is 3.86. The molecule has 0 radical (unpaired) electrons. The Hall–Kier alpha value is -1.71. The Morgan fingerprint density at radius 2 is 2.07 bits per heavy atom. The van der Waals surface area contributed by atoms with Crippen LogP contribution < -0.4 is 10.6 Å². The minimum atomic E-state index is -0.214. The fourth-order valence-corrected chi connectivity index (χ4v) is 3.24. The number of hydrogen-bond donors (Lipinski definition) is 2. The molecule has 27 heavy (non-hydrogen) atoms. The molecule has 0 spiro atoms. The molecule has 1 fully saturated rings. The second-order valence-electron chi connectivity index (χ2n) is 6.60. The lowest BCUT2D eigenvalue weighted by atomic mass is 10.2. The van der Waals surface area contributed by atoms with E-state index < -0.39 is 0 Å². The molecule has 6 nitrogen and oxygen atoms in total. The van der Waals surface area contributed by atoms with E-state index in [1.165, 1.54) is 18.9 Å². The number of aliphatic imine (C=N–C) groups is 1. The zero-order chi connectivity index (χ0) is 18.2. The van der Waals surface area contributed by atoms with Crippen LogP contribution >= 0.6 is 24.0 Å². The lowest BCUT2D eigenvalue weighted by Crippen LogP contribution is -2.43. The van der Waals surface area contributed by atoms with Crippen LogP contribution in [-0.2, 0) is 19.5 Å². The van der Waals surface area contributed by atoms with Gasteiger partial charge in [0.05, 0.1) is 6.54 Å². The first-order chi connectivity index (χ1) is 12.8. The third-order valence-corrected chi connectivity index (χ3v) is 4.72. The summed E-state index contributed by atoms with van der Waals surface area (Å²) >= 11 is 0. The van der Waals surface area contributed by atoms with E-state index in [2.05, 4.69) is 32.7 Å². The van der Waals surface area contributed by atoms with Crippen molar-refractivity contribution in [1.29, 1.82) is 0 Å². The summed E-state index contributed by atoms with van der Waals surface area (Å²) in [4.78, 5) is 4.59. The number of guanidine groups is 1. The number of hydrogen-bond acceptors (Lipinski definition) is 3. The number of aromatic nitrogens is 3. The van der Waals surface area contributed by atoms with Crippen LogP contribution in [0.15, 0.2) is 35.6 Å². The zero-order valence-corrected chi connectivity index (χ0v) is 18.0. The molecule has 0 unspecified atom stereocenters. The van der Waals surface area contributed by atoms with Gasteiger partial charge < -0.3 is 15.2 Å². The van der Waals surface area contributed by atoms with E-state index in [-0.39, 0.29) is 29.8 Å². The van der Waals surface area contributed by atoms with Gasteiger partial charge in [-0.2, -0.15) is 0 Å². The van der Waals surface area contributed by atoms with Gasteiger partial charge in [0.1, 0.15) is 18.0 Å². The zero-order valence-electron chi connectivity index (χ0n) is 15.7. The van der Waals surface area contributed by atoms with Gasteiger partial charge in [-0.15, -0.1) is 34.2 Å². The minimum absolute atomic E-state index is 0. The van der Waals surface area contributed by atoms with Crippen LogP contribution in [0.5, 0.6) is 0 Å². The summed E-state index contributed by atoms with van der Waals surface area (Å²) in [5.41, 5.74) is 0.604. The first kappa shape index (κ1) is 21.6. The topological polar surface area (TPSA) is 67.1 Å². The van der Waals surface area contributed by atoms with E-state index in [0.717, 1.165) is 37.6 Å². The van der Waals surface area contributed by atoms with Gasteiger partial charge in [0.2, 0.25) is 0 Å². The molecule has 0 bridgehead atoms. The molecule has 0 saturated heterocycles. The van der Waals surface area contributed by atoms with Crippen molar-refractivity contribution in [2.24, 2.45) is 4.99 Å². The number of benzene rings is 1. The molecule has 1 saturated carbocycles. The van der Waals surface area contributed by atoms with Gasteiger partial charge in [-0.05, 0) is 18.9 Å². The average Bonchev–Trinajstić information content (AvgIpc) is 3.32. The summed E-state index contributed by atoms with van der Waals surface area (Å²) in [5, 5.41) is 14.9. The van der Waals surface area contributed by atoms with Crippen LogP contribution in [0.1, 0.15) is 44.0 Å². The van der Waals surface area contributed by atoms with Gasteiger partial charge >= 0.3 is 0 Å². The maximum Gasteiger partial charge on any atom is 0.191 e. The Kier molecular flexibility index (Phi) is 8.96. The van der Waals surface area contributed by atoms with E-state index in [1.807, 2.05) is 10.6 Å². The van der Waals surface area contributed by atoms with E-state index in [4.69, 9.17) is 0 Å². The SMILES string of the molecule is CCc1nncn1CCNC(=NCc1ccccc1F)NC1CCCC1.I. The monoisotopic (exact) mass is 486 g/mol. The predicted octanol–water partition coefficient (Wildman–Crippen LogP) is 3.28. The van der Waals surface area contributed by atoms with Gasteiger partial charge in [-0.1, -0.05) is 38.0 Å². The first-order valence-electron chi connectivity index (χ1n) is 9.41. The largest absolute Gasteiger partial charge is 0.355 e. The Morgan fingerprint density at radius 1 is 1.30 bits per heavy atom. The van der Waals surface area contributed by atoms with Crippen LogP contribution in [0.3, 0.4) is 0 Å². The van der Waals surface area contributed by atoms with Crippen molar-refractivity contribution in [2.75, 3.05) is 6.54 Å². The highest BCUT2D eigenvalue weighted by Gasteiger charge is 2.16. The highest BCUT2D eigenvalue weighted by Crippen LogP contribution is 2.17. The molecule has 1 heterocycles. The van der Waals surface area contributed by atoms with E-state index >= 15 is 0 Å². The van der Waals surface area contributed by atoms with E-state index in [1.54, 1.807) is 18.5 Å². The quantitative estimate of drug-likeness (QED) is 0.358. The lowest BCUT2D eigenvalue weighted by molar-refractivity contribution is 0.589. The molecule has 1 aromatic carbocycles. The van der Waals surface area contributed by atoms with Crippen molar-refractivity contribution in [3.05, 3.63) is 47.8 Å². The minimum Gasteiger partial charge on any atom is -0.355 e. The standard InChI is InChI=1S/C19H27FN6.HI/c1-2-18-25-23-14-26(18)12-11-21-19(24-16-8-4-5-9-16)22-13-15-7-3-6-10-17(15)20;/h3,6-7,10,14,16H,2,4-5,8-9,11-13H2,1H3,(H2,21,22,24);1H. The third kappa shape index (κ3) is 6.44. The van der Waals surface area contributed by atoms with Gasteiger partial charge in [0.25, 0.3) is 0 Å². The lowest BCUT2D eigenvalue weighted by Gasteiger charge is -2.18. The highest BCUT2D eigenvalue weighted by atomic mass is 127. The fraction of sp³-hybridized carbons (Fsp3) is 0.526. The second-order valence-corrected chi connectivity index (χ2v) is 6.60. The van der Waals surface area contributed by atoms with Crippen LogP contribution in [0.2, 0.25) is 0 Å². The molecule has 2 aromatic rings. The highest BCUT2D eigenvalue weighted by molar-refractivity contribution is 14.0. The van der Waals surface area contributed by atoms with E-state index in [0.29, 0.717) is 24.7 Å². The molecule has 2 N–H and O–H groups in total. The van der Waals surface area contributed by atoms with Crippen LogP contribution in [0.25, 0.3) is 0 Å². The predicted molar refractivity (Wildman–Crippen MR) is 116 cm³/mol. The summed E-state index contributed by atoms with van der Waals surface area (Å²) in [7, 11) is 0. The number of aryl methyl sites for hydroxylation is 1. The Labute approximate surface area is 177 Å². The average molecular weight is 486 g/mol. The van der Waals surface area contributed by atoms with E-state index in [9.17, 15) is 4.39 Å². The maximum absolute atomic E-state index is 13.8. The molecule has 0 aliphatic heterocycles. The Morgan fingerprint density at radius 3 is 2.81 bits per heavy atom. The summed E-state index contributed by atoms with van der Waals surface area (Å²) in [5.74, 6) is 1.50. The molecule has 0 amide bonds. The fourth-order valence-electron chi connectivity index (χ4n) is 3.24. The van der Waals surface area contributed by atoms with Crippen molar-refractivity contribution in [3.63, 3.8) is 0 Å². The molecule has 8 heteroatoms. The van der Waals surface area contributed by atoms with Crippen LogP contribution in [-0.4, -0.2) is 33.3 Å². The molecule has 1 aromatic heterocycles. The van der Waals surface area contributed by atoms with Gasteiger partial charge in [-0.3, -0.25) is 0 Å². The van der Waals surface area contributed by atoms with Gasteiger partial charge in [0.15, 0.2) is 5.96 Å².